The summed E-state index contributed by atoms with van der Waals surface area (Å²) in [6.07, 6.45) is 0. The molecule has 1 amide bonds. The van der Waals surface area contributed by atoms with Crippen molar-refractivity contribution in [2.45, 2.75) is 13.5 Å². The van der Waals surface area contributed by atoms with E-state index in [4.69, 9.17) is 11.6 Å². The van der Waals surface area contributed by atoms with Crippen molar-refractivity contribution in [1.82, 2.24) is 24.1 Å². The Bertz CT molecular complexity index is 1330. The first-order valence-electron chi connectivity index (χ1n) is 10.5. The van der Waals surface area contributed by atoms with E-state index >= 15 is 0 Å². The van der Waals surface area contributed by atoms with Gasteiger partial charge in [0.1, 0.15) is 5.82 Å². The van der Waals surface area contributed by atoms with Crippen molar-refractivity contribution >= 4 is 17.5 Å². The molecule has 0 unspecified atom stereocenters. The Morgan fingerprint density at radius 2 is 1.79 bits per heavy atom. The molecule has 33 heavy (non-hydrogen) atoms. The Hall–Kier alpha value is -3.30. The van der Waals surface area contributed by atoms with Crippen molar-refractivity contribution in [1.29, 1.82) is 0 Å². The van der Waals surface area contributed by atoms with Crippen LogP contribution < -0.4 is 11.2 Å². The number of piperazine rings is 1. The van der Waals surface area contributed by atoms with Gasteiger partial charge in [-0.2, -0.15) is 9.78 Å². The summed E-state index contributed by atoms with van der Waals surface area (Å²) >= 11 is 6.23. The van der Waals surface area contributed by atoms with Crippen LogP contribution >= 0.6 is 11.6 Å². The quantitative estimate of drug-likeness (QED) is 0.581. The first-order chi connectivity index (χ1) is 15.8. The highest BCUT2D eigenvalue weighted by Gasteiger charge is 2.27. The molecule has 172 valence electrons. The number of rotatable bonds is 4. The lowest BCUT2D eigenvalue weighted by Gasteiger charge is -2.32. The number of hydrogen-bond acceptors (Lipinski definition) is 5. The number of carbonyl (C=O) groups is 1. The molecule has 1 aliphatic rings. The maximum absolute atomic E-state index is 14.3. The lowest BCUT2D eigenvalue weighted by molar-refractivity contribution is 0.0652. The highest BCUT2D eigenvalue weighted by atomic mass is 35.5. The Morgan fingerprint density at radius 1 is 1.09 bits per heavy atom. The van der Waals surface area contributed by atoms with Crippen molar-refractivity contribution in [3.8, 4) is 5.69 Å². The lowest BCUT2D eigenvalue weighted by Crippen LogP contribution is -2.51. The number of likely N-dealkylation sites (N-methyl/N-ethyl adjacent to an activating group) is 1. The molecule has 1 fully saturated rings. The number of halogens is 2. The van der Waals surface area contributed by atoms with E-state index in [9.17, 15) is 18.8 Å². The number of hydrogen-bond donors (Lipinski definition) is 0. The summed E-state index contributed by atoms with van der Waals surface area (Å²) in [7, 11) is 1.95. The van der Waals surface area contributed by atoms with Crippen LogP contribution in [-0.2, 0) is 6.54 Å². The van der Waals surface area contributed by atoms with Gasteiger partial charge in [0, 0.05) is 36.8 Å². The molecule has 0 aliphatic carbocycles. The van der Waals surface area contributed by atoms with Gasteiger partial charge in [-0.25, -0.2) is 9.18 Å². The zero-order valence-corrected chi connectivity index (χ0v) is 19.0. The van der Waals surface area contributed by atoms with Gasteiger partial charge in [0.05, 0.1) is 12.2 Å². The van der Waals surface area contributed by atoms with Crippen LogP contribution in [-0.4, -0.2) is 63.3 Å². The summed E-state index contributed by atoms with van der Waals surface area (Å²) in [5, 5.41) is 4.55. The van der Waals surface area contributed by atoms with E-state index in [0.717, 1.165) is 14.8 Å². The molecule has 8 nitrogen and oxygen atoms in total. The zero-order chi connectivity index (χ0) is 23.7. The summed E-state index contributed by atoms with van der Waals surface area (Å²) in [5.74, 6) is -1.13. The van der Waals surface area contributed by atoms with Gasteiger partial charge in [-0.05, 0) is 37.7 Å². The van der Waals surface area contributed by atoms with Crippen LogP contribution in [0, 0.1) is 12.7 Å². The monoisotopic (exact) mass is 471 g/mol. The number of nitrogens with zero attached hydrogens (tertiary/aromatic N) is 5. The van der Waals surface area contributed by atoms with Crippen LogP contribution in [0.4, 0.5) is 4.39 Å². The minimum Gasteiger partial charge on any atom is -0.335 e. The lowest BCUT2D eigenvalue weighted by atomic mass is 10.2. The van der Waals surface area contributed by atoms with Gasteiger partial charge in [-0.1, -0.05) is 35.9 Å². The first-order valence-corrected chi connectivity index (χ1v) is 10.9. The van der Waals surface area contributed by atoms with E-state index in [2.05, 4.69) is 10.00 Å². The SMILES string of the molecule is Cc1ccc(-n2nc(C(=O)N3CCN(C)CC3)c(=O)n(Cc3ccccc3F)c2=O)cc1Cl. The molecule has 0 bridgehead atoms. The van der Waals surface area contributed by atoms with E-state index in [0.29, 0.717) is 36.9 Å². The molecule has 0 radical (unpaired) electrons. The molecule has 0 spiro atoms. The van der Waals surface area contributed by atoms with Gasteiger partial charge < -0.3 is 9.80 Å². The van der Waals surface area contributed by atoms with Crippen LogP contribution in [0.3, 0.4) is 0 Å². The molecular weight excluding hydrogens is 449 g/mol. The number of carbonyl (C=O) groups excluding carboxylic acids is 1. The van der Waals surface area contributed by atoms with Crippen LogP contribution in [0.2, 0.25) is 5.02 Å². The maximum atomic E-state index is 14.3. The van der Waals surface area contributed by atoms with Gasteiger partial charge >= 0.3 is 5.69 Å². The van der Waals surface area contributed by atoms with Crippen LogP contribution in [0.1, 0.15) is 21.6 Å². The van der Waals surface area contributed by atoms with Crippen molar-refractivity contribution in [2.24, 2.45) is 0 Å². The average Bonchev–Trinajstić information content (AvgIpc) is 2.80. The molecule has 1 aliphatic heterocycles. The van der Waals surface area contributed by atoms with Gasteiger partial charge in [-0.15, -0.1) is 0 Å². The number of aromatic nitrogens is 3. The molecule has 10 heteroatoms. The van der Waals surface area contributed by atoms with Gasteiger partial charge in [0.15, 0.2) is 0 Å². The van der Waals surface area contributed by atoms with Crippen LogP contribution in [0.25, 0.3) is 5.69 Å². The number of aryl methyl sites for hydroxylation is 1. The molecule has 3 aromatic rings. The van der Waals surface area contributed by atoms with Crippen molar-refractivity contribution in [3.63, 3.8) is 0 Å². The summed E-state index contributed by atoms with van der Waals surface area (Å²) < 4.78 is 16.1. The normalized spacial score (nSPS) is 14.5. The number of benzene rings is 2. The third-order valence-corrected chi connectivity index (χ3v) is 6.15. The fraction of sp³-hybridized carbons (Fsp3) is 0.304. The predicted octanol–water partition coefficient (Wildman–Crippen LogP) is 1.93. The Balaban J connectivity index is 1.88. The fourth-order valence-corrected chi connectivity index (χ4v) is 3.80. The Labute approximate surface area is 194 Å². The molecule has 0 saturated carbocycles. The average molecular weight is 472 g/mol. The van der Waals surface area contributed by atoms with E-state index in [1.165, 1.54) is 29.2 Å². The van der Waals surface area contributed by atoms with Crippen LogP contribution in [0.5, 0.6) is 0 Å². The predicted molar refractivity (Wildman–Crippen MR) is 123 cm³/mol. The van der Waals surface area contributed by atoms with Gasteiger partial charge in [0.25, 0.3) is 11.5 Å². The smallest absolute Gasteiger partial charge is 0.335 e. The highest BCUT2D eigenvalue weighted by Crippen LogP contribution is 2.18. The molecule has 1 aromatic heterocycles. The molecule has 1 saturated heterocycles. The Morgan fingerprint density at radius 3 is 2.45 bits per heavy atom. The molecule has 0 N–H and O–H groups in total. The largest absolute Gasteiger partial charge is 0.352 e. The third kappa shape index (κ3) is 4.60. The van der Waals surface area contributed by atoms with Gasteiger partial charge in [0.2, 0.25) is 5.69 Å². The molecular formula is C23H23ClFN5O3. The maximum Gasteiger partial charge on any atom is 0.352 e. The second-order valence-electron chi connectivity index (χ2n) is 8.05. The van der Waals surface area contributed by atoms with E-state index < -0.39 is 28.7 Å². The Kier molecular flexibility index (Phi) is 6.44. The van der Waals surface area contributed by atoms with E-state index in [1.54, 1.807) is 18.2 Å². The zero-order valence-electron chi connectivity index (χ0n) is 18.3. The topological polar surface area (TPSA) is 80.4 Å². The highest BCUT2D eigenvalue weighted by molar-refractivity contribution is 6.31. The second-order valence-corrected chi connectivity index (χ2v) is 8.46. The summed E-state index contributed by atoms with van der Waals surface area (Å²) in [5.41, 5.74) is -0.812. The summed E-state index contributed by atoms with van der Waals surface area (Å²) in [6, 6.07) is 10.7. The second kappa shape index (κ2) is 9.29. The van der Waals surface area contributed by atoms with E-state index in [1.807, 2.05) is 14.0 Å². The fourth-order valence-electron chi connectivity index (χ4n) is 3.63. The van der Waals surface area contributed by atoms with Crippen molar-refractivity contribution in [3.05, 3.63) is 91.0 Å². The van der Waals surface area contributed by atoms with Crippen molar-refractivity contribution in [2.75, 3.05) is 33.2 Å². The molecule has 2 heterocycles. The van der Waals surface area contributed by atoms with Crippen molar-refractivity contribution < 1.29 is 9.18 Å². The van der Waals surface area contributed by atoms with Gasteiger partial charge in [-0.3, -0.25) is 14.2 Å². The summed E-state index contributed by atoms with van der Waals surface area (Å²) in [6.45, 7) is 3.64. The third-order valence-electron chi connectivity index (χ3n) is 5.74. The molecule has 0 atom stereocenters. The number of amides is 1. The first kappa shape index (κ1) is 22.9. The molecule has 2 aromatic carbocycles. The minimum absolute atomic E-state index is 0.148. The van der Waals surface area contributed by atoms with Crippen LogP contribution in [0.15, 0.2) is 52.1 Å². The summed E-state index contributed by atoms with van der Waals surface area (Å²) in [4.78, 5) is 43.3. The molecule has 4 rings (SSSR count). The van der Waals surface area contributed by atoms with E-state index in [-0.39, 0.29) is 12.1 Å². The minimum atomic E-state index is -0.860. The standard InChI is InChI=1S/C23H23ClFN5O3/c1-15-7-8-17(13-18(15)24)30-23(33)29(14-16-5-3-4-6-19(16)25)22(32)20(26-30)21(31)28-11-9-27(2)10-12-28/h3-8,13H,9-12,14H2,1-2H3.